The van der Waals surface area contributed by atoms with Crippen LogP contribution >= 0.6 is 11.6 Å². The highest BCUT2D eigenvalue weighted by molar-refractivity contribution is 7.91. The molecule has 7 heteroatoms. The quantitative estimate of drug-likeness (QED) is 0.747. The number of aromatic nitrogens is 2. The van der Waals surface area contributed by atoms with Crippen molar-refractivity contribution in [1.29, 1.82) is 0 Å². The Bertz CT molecular complexity index is 460. The largest absolute Gasteiger partial charge is 0.354 e. The molecule has 5 nitrogen and oxygen atoms in total. The summed E-state index contributed by atoms with van der Waals surface area (Å²) in [6.07, 6.45) is 0.632. The van der Waals surface area contributed by atoms with Crippen LogP contribution in [-0.4, -0.2) is 43.2 Å². The van der Waals surface area contributed by atoms with Crippen LogP contribution in [-0.2, 0) is 9.84 Å². The van der Waals surface area contributed by atoms with E-state index in [1.54, 1.807) is 12.1 Å². The second kappa shape index (κ2) is 4.55. The van der Waals surface area contributed by atoms with E-state index >= 15 is 0 Å². The maximum atomic E-state index is 11.4. The van der Waals surface area contributed by atoms with Gasteiger partial charge in [-0.25, -0.2) is 8.42 Å². The summed E-state index contributed by atoms with van der Waals surface area (Å²) in [5.41, 5.74) is 0. The molecule has 0 radical (unpaired) electrons. The molecule has 0 aromatic carbocycles. The van der Waals surface area contributed by atoms with Crippen LogP contribution in [0.4, 0.5) is 5.82 Å². The highest BCUT2D eigenvalue weighted by atomic mass is 35.5. The second-order valence-corrected chi connectivity index (χ2v) is 6.40. The van der Waals surface area contributed by atoms with Crippen LogP contribution in [0.5, 0.6) is 0 Å². The van der Waals surface area contributed by atoms with E-state index in [1.807, 2.05) is 4.90 Å². The second-order valence-electron chi connectivity index (χ2n) is 3.71. The molecule has 1 aromatic heterocycles. The molecule has 1 aliphatic rings. The van der Waals surface area contributed by atoms with Crippen molar-refractivity contribution in [2.45, 2.75) is 6.42 Å². The summed E-state index contributed by atoms with van der Waals surface area (Å²) in [5, 5.41) is 8.03. The summed E-state index contributed by atoms with van der Waals surface area (Å²) in [7, 11) is -2.88. The fourth-order valence-corrected chi connectivity index (χ4v) is 3.02. The topological polar surface area (TPSA) is 63.2 Å². The summed E-state index contributed by atoms with van der Waals surface area (Å²) in [5.74, 6) is 1.11. The summed E-state index contributed by atoms with van der Waals surface area (Å²) in [6, 6.07) is 3.41. The predicted molar refractivity (Wildman–Crippen MR) is 62.5 cm³/mol. The van der Waals surface area contributed by atoms with Gasteiger partial charge in [-0.3, -0.25) is 0 Å². The van der Waals surface area contributed by atoms with Crippen LogP contribution in [0.25, 0.3) is 0 Å². The molecule has 0 unspecified atom stereocenters. The summed E-state index contributed by atoms with van der Waals surface area (Å²) in [6.45, 7) is 1.16. The van der Waals surface area contributed by atoms with Crippen molar-refractivity contribution >= 4 is 27.3 Å². The zero-order valence-electron chi connectivity index (χ0n) is 8.63. The van der Waals surface area contributed by atoms with Gasteiger partial charge >= 0.3 is 0 Å². The minimum atomic E-state index is -2.88. The molecule has 1 aliphatic heterocycles. The number of sulfone groups is 1. The number of rotatable bonds is 1. The number of hydrogen-bond acceptors (Lipinski definition) is 5. The van der Waals surface area contributed by atoms with Crippen molar-refractivity contribution in [3.63, 3.8) is 0 Å². The van der Waals surface area contributed by atoms with E-state index in [0.29, 0.717) is 30.5 Å². The third kappa shape index (κ3) is 2.82. The van der Waals surface area contributed by atoms with E-state index in [0.717, 1.165) is 0 Å². The van der Waals surface area contributed by atoms with E-state index in [2.05, 4.69) is 10.2 Å². The predicted octanol–water partition coefficient (Wildman–Crippen LogP) is 0.755. The summed E-state index contributed by atoms with van der Waals surface area (Å²) >= 11 is 5.64. The van der Waals surface area contributed by atoms with Crippen molar-refractivity contribution in [2.24, 2.45) is 0 Å². The van der Waals surface area contributed by atoms with E-state index in [-0.39, 0.29) is 11.5 Å². The number of nitrogens with zero attached hydrogens (tertiary/aromatic N) is 3. The fourth-order valence-electron chi connectivity index (χ4n) is 1.65. The zero-order valence-corrected chi connectivity index (χ0v) is 10.2. The van der Waals surface area contributed by atoms with E-state index in [1.165, 1.54) is 0 Å². The average molecular weight is 262 g/mol. The first-order valence-electron chi connectivity index (χ1n) is 5.01. The van der Waals surface area contributed by atoms with Gasteiger partial charge in [0.25, 0.3) is 0 Å². The van der Waals surface area contributed by atoms with E-state index < -0.39 is 9.84 Å². The molecular formula is C9H12ClN3O2S. The highest BCUT2D eigenvalue weighted by Crippen LogP contribution is 2.15. The molecule has 0 spiro atoms. The van der Waals surface area contributed by atoms with Crippen molar-refractivity contribution < 1.29 is 8.42 Å². The van der Waals surface area contributed by atoms with Gasteiger partial charge in [-0.2, -0.15) is 0 Å². The summed E-state index contributed by atoms with van der Waals surface area (Å²) in [4.78, 5) is 1.92. The van der Waals surface area contributed by atoms with Gasteiger partial charge in [-0.05, 0) is 18.6 Å². The first-order valence-corrected chi connectivity index (χ1v) is 7.21. The Morgan fingerprint density at radius 2 is 2.00 bits per heavy atom. The van der Waals surface area contributed by atoms with Crippen LogP contribution < -0.4 is 4.90 Å². The maximum Gasteiger partial charge on any atom is 0.152 e. The Morgan fingerprint density at radius 1 is 1.19 bits per heavy atom. The minimum absolute atomic E-state index is 0.178. The molecule has 1 saturated heterocycles. The molecule has 2 heterocycles. The molecule has 0 N–H and O–H groups in total. The molecule has 16 heavy (non-hydrogen) atoms. The summed E-state index contributed by atoms with van der Waals surface area (Å²) < 4.78 is 22.8. The van der Waals surface area contributed by atoms with Crippen LogP contribution in [0.15, 0.2) is 12.1 Å². The van der Waals surface area contributed by atoms with Crippen molar-refractivity contribution in [1.82, 2.24) is 10.2 Å². The normalized spacial score (nSPS) is 20.4. The van der Waals surface area contributed by atoms with E-state index in [9.17, 15) is 8.42 Å². The van der Waals surface area contributed by atoms with Crippen LogP contribution in [0, 0.1) is 0 Å². The van der Waals surface area contributed by atoms with Crippen LogP contribution in [0.1, 0.15) is 6.42 Å². The molecule has 2 rings (SSSR count). The molecule has 0 bridgehead atoms. The first-order chi connectivity index (χ1) is 7.57. The Labute approximate surface area is 99.3 Å². The third-order valence-corrected chi connectivity index (χ3v) is 4.41. The van der Waals surface area contributed by atoms with Gasteiger partial charge in [0.2, 0.25) is 0 Å². The van der Waals surface area contributed by atoms with Gasteiger partial charge < -0.3 is 4.90 Å². The number of hydrogen-bond donors (Lipinski definition) is 0. The zero-order chi connectivity index (χ0) is 11.6. The highest BCUT2D eigenvalue weighted by Gasteiger charge is 2.19. The molecule has 0 aliphatic carbocycles. The first kappa shape index (κ1) is 11.6. The standard InChI is InChI=1S/C9H12ClN3O2S/c10-8-2-3-9(12-11-8)13-4-1-6-16(14,15)7-5-13/h2-3H,1,4-7H2. The molecular weight excluding hydrogens is 250 g/mol. The van der Waals surface area contributed by atoms with Gasteiger partial charge in [0, 0.05) is 13.1 Å². The van der Waals surface area contributed by atoms with Gasteiger partial charge in [0.15, 0.2) is 20.8 Å². The van der Waals surface area contributed by atoms with Crippen molar-refractivity contribution in [2.75, 3.05) is 29.5 Å². The van der Waals surface area contributed by atoms with E-state index in [4.69, 9.17) is 11.6 Å². The average Bonchev–Trinajstić information content (AvgIpc) is 2.41. The Morgan fingerprint density at radius 3 is 2.69 bits per heavy atom. The Hall–Kier alpha value is -0.880. The van der Waals surface area contributed by atoms with Crippen molar-refractivity contribution in [3.05, 3.63) is 17.3 Å². The molecule has 1 fully saturated rings. The lowest BCUT2D eigenvalue weighted by Crippen LogP contribution is -2.27. The lowest BCUT2D eigenvalue weighted by molar-refractivity contribution is 0.597. The van der Waals surface area contributed by atoms with Crippen LogP contribution in [0.3, 0.4) is 0 Å². The molecule has 1 aromatic rings. The fraction of sp³-hybridized carbons (Fsp3) is 0.556. The molecule has 0 amide bonds. The van der Waals surface area contributed by atoms with Gasteiger partial charge in [0.05, 0.1) is 11.5 Å². The maximum absolute atomic E-state index is 11.4. The van der Waals surface area contributed by atoms with Crippen molar-refractivity contribution in [3.8, 4) is 0 Å². The number of halogens is 1. The Balaban J connectivity index is 2.13. The smallest absolute Gasteiger partial charge is 0.152 e. The van der Waals surface area contributed by atoms with Gasteiger partial charge in [-0.1, -0.05) is 11.6 Å². The van der Waals surface area contributed by atoms with Gasteiger partial charge in [0.1, 0.15) is 0 Å². The molecule has 88 valence electrons. The Kier molecular flexibility index (Phi) is 3.30. The number of anilines is 1. The lowest BCUT2D eigenvalue weighted by Gasteiger charge is -2.19. The molecule has 0 saturated carbocycles. The monoisotopic (exact) mass is 261 g/mol. The van der Waals surface area contributed by atoms with Gasteiger partial charge in [-0.15, -0.1) is 10.2 Å². The third-order valence-electron chi connectivity index (χ3n) is 2.50. The molecule has 0 atom stereocenters. The van der Waals surface area contributed by atoms with Crippen LogP contribution in [0.2, 0.25) is 5.15 Å². The lowest BCUT2D eigenvalue weighted by atomic mass is 10.4. The minimum Gasteiger partial charge on any atom is -0.354 e. The SMILES string of the molecule is O=S1(=O)CCCN(c2ccc(Cl)nn2)CC1.